The molecule has 0 bridgehead atoms. The van der Waals surface area contributed by atoms with Crippen LogP contribution in [0.3, 0.4) is 0 Å². The molecular formula is C127H74N10. The summed E-state index contributed by atoms with van der Waals surface area (Å²) in [5.74, 6) is 1.99. The molecule has 0 aliphatic heterocycles. The maximum absolute atomic E-state index is 7.80. The van der Waals surface area contributed by atoms with E-state index < -0.39 is 0 Å². The van der Waals surface area contributed by atoms with E-state index in [4.69, 9.17) is 51.4 Å². The monoisotopic (exact) mass is 1740 g/mol. The molecule has 1 aliphatic rings. The predicted molar refractivity (Wildman–Crippen MR) is 568 cm³/mol. The van der Waals surface area contributed by atoms with E-state index in [1.54, 1.807) is 0 Å². The average Bonchev–Trinajstić information content (AvgIpc) is 1.45. The highest BCUT2D eigenvalue weighted by molar-refractivity contribution is 6.31. The zero-order valence-corrected chi connectivity index (χ0v) is 73.7. The number of nitrogens with zero attached hydrogens (tertiary/aromatic N) is 10. The maximum atomic E-state index is 7.80. The van der Waals surface area contributed by atoms with Crippen molar-refractivity contribution in [2.45, 2.75) is 5.92 Å². The van der Waals surface area contributed by atoms with Crippen molar-refractivity contribution >= 4 is 179 Å². The Balaban J connectivity index is 0.000000106. The fourth-order valence-electron chi connectivity index (χ4n) is 21.9. The van der Waals surface area contributed by atoms with E-state index in [1.165, 1.54) is 76.3 Å². The second kappa shape index (κ2) is 31.9. The molecule has 0 spiro atoms. The summed E-state index contributed by atoms with van der Waals surface area (Å²) in [6.07, 6.45) is 5.94. The van der Waals surface area contributed by atoms with Crippen molar-refractivity contribution < 1.29 is 0 Å². The van der Waals surface area contributed by atoms with Crippen LogP contribution in [0.4, 0.5) is 5.69 Å². The first-order chi connectivity index (χ1) is 67.9. The molecule has 0 amide bonds. The van der Waals surface area contributed by atoms with Crippen LogP contribution >= 0.6 is 0 Å². The molecule has 1 aliphatic carbocycles. The van der Waals surface area contributed by atoms with Crippen LogP contribution in [0.2, 0.25) is 0 Å². The summed E-state index contributed by atoms with van der Waals surface area (Å²) in [5.41, 5.74) is 23.5. The molecule has 0 saturated carbocycles. The van der Waals surface area contributed by atoms with Crippen molar-refractivity contribution in [2.75, 3.05) is 0 Å². The van der Waals surface area contributed by atoms with E-state index >= 15 is 0 Å². The molecule has 0 radical (unpaired) electrons. The third-order valence-electron chi connectivity index (χ3n) is 27.9. The molecule has 0 N–H and O–H groups in total. The Kier molecular flexibility index (Phi) is 18.2. The van der Waals surface area contributed by atoms with Crippen LogP contribution in [0, 0.1) is 6.57 Å². The van der Waals surface area contributed by atoms with Crippen molar-refractivity contribution in [1.29, 1.82) is 0 Å². The van der Waals surface area contributed by atoms with E-state index in [9.17, 15) is 0 Å². The summed E-state index contributed by atoms with van der Waals surface area (Å²) in [7, 11) is 0. The quantitative estimate of drug-likeness (QED) is 0.0832. The second-order valence-corrected chi connectivity index (χ2v) is 35.4. The lowest BCUT2D eigenvalue weighted by molar-refractivity contribution is 1.02. The number of rotatable bonds is 8. The van der Waals surface area contributed by atoms with Crippen molar-refractivity contribution in [3.8, 4) is 90.2 Å². The minimum atomic E-state index is 0.113. The minimum absolute atomic E-state index is 0.113. The van der Waals surface area contributed by atoms with Crippen LogP contribution in [0.15, 0.2) is 443 Å². The Morgan fingerprint density at radius 3 is 1.01 bits per heavy atom. The number of hydrogen-bond acceptors (Lipinski definition) is 9. The molecule has 632 valence electrons. The Bertz CT molecular complexity index is 9740. The Morgan fingerprint density at radius 2 is 0.547 bits per heavy atom. The van der Waals surface area contributed by atoms with E-state index in [0.29, 0.717) is 23.2 Å². The number of para-hydroxylation sites is 3. The molecule has 28 aromatic rings. The largest absolute Gasteiger partial charge is 0.253 e. The van der Waals surface area contributed by atoms with Gasteiger partial charge in [0.25, 0.3) is 0 Å². The van der Waals surface area contributed by atoms with Crippen LogP contribution in [-0.2, 0) is 0 Å². The maximum Gasteiger partial charge on any atom is 0.187 e. The van der Waals surface area contributed by atoms with E-state index in [-0.39, 0.29) is 5.92 Å². The van der Waals surface area contributed by atoms with Gasteiger partial charge >= 0.3 is 0 Å². The van der Waals surface area contributed by atoms with Gasteiger partial charge in [-0.2, -0.15) is 0 Å². The SMILES string of the molecule is [C-]#[N+]c1ccc2c(c1)-c1cc(-c3c4ccccc4c(-c4nc5ccccc5c5c4ncc4ccccc45)c4ccccc34)ccc1C2c1ccccc1.c1ccc(-c2nc(-c3ccccc3)nc(-c3c4ccccc4c(-c4nc5ccccc5c5c4ncc4ccccc45)c4ccccc34)n2)cc1.c1ccc2c(c1)cnc1c(-c3ccc4ccc5cccc6ccc3c4c56)nc3ccccc3c12. The van der Waals surface area contributed by atoms with Gasteiger partial charge in [0.1, 0.15) is 0 Å². The molecule has 1 atom stereocenters. The van der Waals surface area contributed by atoms with Gasteiger partial charge in [-0.1, -0.05) is 394 Å². The topological polar surface area (TPSA) is 120 Å². The van der Waals surface area contributed by atoms with Gasteiger partial charge in [0.15, 0.2) is 23.2 Å². The molecule has 21 aromatic carbocycles. The summed E-state index contributed by atoms with van der Waals surface area (Å²) in [6.45, 7) is 7.80. The standard InChI is InChI=1S/C50H29N3.C45H27N5.C32H18N2/c1-51-33-24-26-40-43(28-33)42-27-31(23-25-39(42)45(40)30-13-3-2-4-14-30)46-35-17-7-9-19-37(35)48(38-20-10-8-18-36(38)46)50-49-47(41-21-11-12-22-44(41)53-50)34-16-6-5-15-32(34)29-52-49;1-3-15-28(16-4-1)43-48-44(29-17-5-2-6-18-29)50-45(49-43)40-34-23-11-9-21-32(34)39(33-22-10-12-24-35(33)40)42-41-38(36-25-13-14-26-37(36)47-42)31-20-8-7-19-30(31)27-46-41;1-2-9-23-22(6-1)18-33-32-30(23)26-10-3-4-11-27(26)34-31(32)25-17-15-21-13-12-19-7-5-8-20-14-16-24(25)29(21)28(19)20/h2-29,45H;1-27H;1-18H. The molecule has 10 nitrogen and oxygen atoms in total. The fraction of sp³-hybridized carbons (Fsp3) is 0.00787. The van der Waals surface area contributed by atoms with E-state index in [1.807, 2.05) is 85.3 Å². The number of fused-ring (bicyclic) bond motifs is 22. The number of pyridine rings is 6. The van der Waals surface area contributed by atoms with Gasteiger partial charge in [-0.25, -0.2) is 34.7 Å². The molecule has 137 heavy (non-hydrogen) atoms. The average molecular weight is 1740 g/mol. The van der Waals surface area contributed by atoms with Crippen LogP contribution in [0.5, 0.6) is 0 Å². The summed E-state index contributed by atoms with van der Waals surface area (Å²) in [6, 6.07) is 149. The molecule has 10 heteroatoms. The van der Waals surface area contributed by atoms with Gasteiger partial charge in [-0.3, -0.25) is 15.0 Å². The minimum Gasteiger partial charge on any atom is -0.253 e. The molecule has 1 unspecified atom stereocenters. The van der Waals surface area contributed by atoms with Gasteiger partial charge in [-0.05, 0) is 161 Å². The van der Waals surface area contributed by atoms with Gasteiger partial charge in [0.05, 0.1) is 56.8 Å². The summed E-state index contributed by atoms with van der Waals surface area (Å²) >= 11 is 0. The van der Waals surface area contributed by atoms with Gasteiger partial charge in [-0.15, -0.1) is 0 Å². The summed E-state index contributed by atoms with van der Waals surface area (Å²) < 4.78 is 0. The van der Waals surface area contributed by atoms with Crippen molar-refractivity contribution in [1.82, 2.24) is 44.9 Å². The van der Waals surface area contributed by atoms with Crippen LogP contribution in [-0.4, -0.2) is 44.9 Å². The Labute approximate surface area is 785 Å². The first kappa shape index (κ1) is 78.3. The fourth-order valence-corrected chi connectivity index (χ4v) is 21.9. The first-order valence-electron chi connectivity index (χ1n) is 46.3. The first-order valence-corrected chi connectivity index (χ1v) is 46.3. The highest BCUT2D eigenvalue weighted by Crippen LogP contribution is 2.54. The van der Waals surface area contributed by atoms with Crippen molar-refractivity contribution in [3.05, 3.63) is 471 Å². The summed E-state index contributed by atoms with van der Waals surface area (Å²) in [4.78, 5) is 50.4. The van der Waals surface area contributed by atoms with E-state index in [2.05, 4.69) is 363 Å². The number of hydrogen-bond donors (Lipinski definition) is 0. The Morgan fingerprint density at radius 1 is 0.204 bits per heavy atom. The number of aromatic nitrogens is 9. The van der Waals surface area contributed by atoms with Crippen LogP contribution < -0.4 is 0 Å². The lowest BCUT2D eigenvalue weighted by atomic mass is 9.85. The van der Waals surface area contributed by atoms with Crippen LogP contribution in [0.25, 0.3) is 268 Å². The van der Waals surface area contributed by atoms with Crippen molar-refractivity contribution in [3.63, 3.8) is 0 Å². The predicted octanol–water partition coefficient (Wildman–Crippen LogP) is 32.9. The van der Waals surface area contributed by atoms with Gasteiger partial charge < -0.3 is 0 Å². The van der Waals surface area contributed by atoms with E-state index in [0.717, 1.165) is 186 Å². The third-order valence-corrected chi connectivity index (χ3v) is 27.9. The van der Waals surface area contributed by atoms with Crippen molar-refractivity contribution in [2.24, 2.45) is 0 Å². The highest BCUT2D eigenvalue weighted by Gasteiger charge is 2.33. The van der Waals surface area contributed by atoms with Crippen LogP contribution in [0.1, 0.15) is 22.6 Å². The molecule has 7 heterocycles. The highest BCUT2D eigenvalue weighted by atomic mass is 15.0. The smallest absolute Gasteiger partial charge is 0.187 e. The molecular weight excluding hydrogens is 1670 g/mol. The zero-order valence-electron chi connectivity index (χ0n) is 73.7. The molecule has 7 aromatic heterocycles. The lowest BCUT2D eigenvalue weighted by Crippen LogP contribution is -2.02. The third kappa shape index (κ3) is 12.7. The van der Waals surface area contributed by atoms with Gasteiger partial charge in [0, 0.05) is 106 Å². The number of benzene rings is 21. The summed E-state index contributed by atoms with van der Waals surface area (Å²) in [5, 5.41) is 30.1. The molecule has 0 fully saturated rings. The molecule has 29 rings (SSSR count). The Hall–Kier alpha value is -18.6. The molecule has 0 saturated heterocycles. The lowest BCUT2D eigenvalue weighted by Gasteiger charge is -2.19. The second-order valence-electron chi connectivity index (χ2n) is 35.4. The van der Waals surface area contributed by atoms with Gasteiger partial charge in [0.2, 0.25) is 0 Å². The zero-order chi connectivity index (χ0) is 90.3. The normalized spacial score (nSPS) is 12.4.